The minimum Gasteiger partial charge on any atom is -0.428 e. The van der Waals surface area contributed by atoms with Crippen LogP contribution in [0.1, 0.15) is 5.56 Å². The smallest absolute Gasteiger partial charge is 0.319 e. The van der Waals surface area contributed by atoms with Gasteiger partial charge in [0.15, 0.2) is 5.75 Å². The predicted octanol–water partition coefficient (Wildman–Crippen LogP) is 3.57. The quantitative estimate of drug-likeness (QED) is 0.722. The van der Waals surface area contributed by atoms with Gasteiger partial charge in [-0.2, -0.15) is 0 Å². The van der Waals surface area contributed by atoms with Crippen LogP contribution in [0, 0.1) is 12.1 Å². The van der Waals surface area contributed by atoms with Gasteiger partial charge in [-0.15, -0.1) is 5.10 Å². The molecule has 0 spiro atoms. The van der Waals surface area contributed by atoms with E-state index < -0.39 is 5.56 Å². The molecule has 0 aliphatic heterocycles. The third-order valence-electron chi connectivity index (χ3n) is 3.12. The van der Waals surface area contributed by atoms with Crippen LogP contribution in [0.25, 0.3) is 0 Å². The molecule has 0 radical (unpaired) electrons. The molecule has 0 amide bonds. The molecule has 120 valence electrons. The third kappa shape index (κ3) is 3.62. The molecule has 3 rings (SSSR count). The second-order valence-electron chi connectivity index (χ2n) is 4.92. The average Bonchev–Trinajstić information content (AvgIpc) is 2.55. The van der Waals surface area contributed by atoms with Gasteiger partial charge in [-0.25, -0.2) is 4.68 Å². The molecule has 1 aromatic heterocycles. The Hall–Kier alpha value is -2.68. The van der Waals surface area contributed by atoms with Crippen molar-refractivity contribution < 1.29 is 4.74 Å². The third-order valence-corrected chi connectivity index (χ3v) is 3.68. The molecule has 2 N–H and O–H groups in total. The fourth-order valence-corrected chi connectivity index (χ4v) is 2.62. The molecule has 0 atom stereocenters. The number of nitrogen functional groups attached to an aromatic ring is 1. The first kappa shape index (κ1) is 16.2. The molecule has 0 saturated carbocycles. The number of benzene rings is 2. The number of anilines is 1. The lowest BCUT2D eigenvalue weighted by Crippen LogP contribution is -2.21. The van der Waals surface area contributed by atoms with Crippen molar-refractivity contribution in [3.05, 3.63) is 80.6 Å². The Morgan fingerprint density at radius 2 is 1.79 bits per heavy atom. The fourth-order valence-electron chi connectivity index (χ4n) is 2.03. The standard InChI is InChI=1S/C17H11Cl2N3O2/c18-13-8-12(20)9-14(19)17(13)24-15-6-7-16(23)22(21-15)10-11-4-2-1-3-5-11/h1-5,8-9H,10,20H2. The SMILES string of the molecule is Nc1cc(Cl)c(Oc2c#cc(=O)n(Cc3ccccc3)n2)c(Cl)c1. The molecule has 0 unspecified atom stereocenters. The van der Waals surface area contributed by atoms with E-state index in [1.54, 1.807) is 0 Å². The first-order chi connectivity index (χ1) is 11.5. The van der Waals surface area contributed by atoms with Crippen LogP contribution in [0.5, 0.6) is 11.6 Å². The Labute approximate surface area is 148 Å². The maximum Gasteiger partial charge on any atom is 0.319 e. The Balaban J connectivity index is 1.91. The molecule has 2 aromatic carbocycles. The van der Waals surface area contributed by atoms with E-state index in [0.29, 0.717) is 5.69 Å². The van der Waals surface area contributed by atoms with Crippen LogP contribution in [0.3, 0.4) is 0 Å². The number of ether oxygens (including phenoxy) is 1. The zero-order valence-electron chi connectivity index (χ0n) is 12.3. The summed E-state index contributed by atoms with van der Waals surface area (Å²) in [4.78, 5) is 11.9. The molecule has 7 heteroatoms. The van der Waals surface area contributed by atoms with Crippen LogP contribution in [0.4, 0.5) is 5.69 Å². The molecule has 0 saturated heterocycles. The Morgan fingerprint density at radius 1 is 1.12 bits per heavy atom. The Kier molecular flexibility index (Phi) is 4.61. The van der Waals surface area contributed by atoms with Crippen molar-refractivity contribution >= 4 is 28.9 Å². The van der Waals surface area contributed by atoms with E-state index in [1.165, 1.54) is 16.8 Å². The van der Waals surface area contributed by atoms with E-state index >= 15 is 0 Å². The highest BCUT2D eigenvalue weighted by atomic mass is 35.5. The van der Waals surface area contributed by atoms with Crippen LogP contribution in [-0.4, -0.2) is 9.78 Å². The van der Waals surface area contributed by atoms with Gasteiger partial charge in [-0.1, -0.05) is 53.5 Å². The highest BCUT2D eigenvalue weighted by molar-refractivity contribution is 6.37. The molecule has 0 aliphatic carbocycles. The lowest BCUT2D eigenvalue weighted by molar-refractivity contribution is 0.436. The number of halogens is 2. The van der Waals surface area contributed by atoms with Gasteiger partial charge < -0.3 is 10.5 Å². The van der Waals surface area contributed by atoms with Gasteiger partial charge in [0.1, 0.15) is 0 Å². The van der Waals surface area contributed by atoms with Crippen molar-refractivity contribution in [2.45, 2.75) is 6.54 Å². The summed E-state index contributed by atoms with van der Waals surface area (Å²) in [5.74, 6) is 0.216. The molecule has 0 fully saturated rings. The van der Waals surface area contributed by atoms with E-state index in [2.05, 4.69) is 17.2 Å². The van der Waals surface area contributed by atoms with E-state index in [0.717, 1.165) is 5.56 Å². The van der Waals surface area contributed by atoms with Crippen LogP contribution in [-0.2, 0) is 6.54 Å². The minimum absolute atomic E-state index is 0.0269. The van der Waals surface area contributed by atoms with Crippen LogP contribution in [0.2, 0.25) is 10.0 Å². The number of nitrogens with zero attached hydrogens (tertiary/aromatic N) is 2. The summed E-state index contributed by atoms with van der Waals surface area (Å²) in [6.07, 6.45) is 0. The van der Waals surface area contributed by atoms with Gasteiger partial charge in [0.25, 0.3) is 5.88 Å². The predicted molar refractivity (Wildman–Crippen MR) is 92.7 cm³/mol. The molecule has 0 bridgehead atoms. The molecule has 3 aromatic rings. The summed E-state index contributed by atoms with van der Waals surface area (Å²) < 4.78 is 6.77. The largest absolute Gasteiger partial charge is 0.428 e. The normalized spacial score (nSPS) is 10.2. The van der Waals surface area contributed by atoms with Gasteiger partial charge in [-0.3, -0.25) is 4.79 Å². The summed E-state index contributed by atoms with van der Waals surface area (Å²) in [6.45, 7) is 0.282. The van der Waals surface area contributed by atoms with Crippen LogP contribution in [0.15, 0.2) is 47.3 Å². The van der Waals surface area contributed by atoms with Crippen molar-refractivity contribution in [3.63, 3.8) is 0 Å². The first-order valence-electron chi connectivity index (χ1n) is 6.91. The lowest BCUT2D eigenvalue weighted by atomic mass is 10.2. The fraction of sp³-hybridized carbons (Fsp3) is 0.0588. The van der Waals surface area contributed by atoms with E-state index in [-0.39, 0.29) is 28.2 Å². The molecule has 5 nitrogen and oxygen atoms in total. The first-order valence-corrected chi connectivity index (χ1v) is 7.67. The van der Waals surface area contributed by atoms with Crippen molar-refractivity contribution in [2.24, 2.45) is 0 Å². The second-order valence-corrected chi connectivity index (χ2v) is 5.73. The number of hydrogen-bond donors (Lipinski definition) is 1. The number of rotatable bonds is 4. The summed E-state index contributed by atoms with van der Waals surface area (Å²) in [7, 11) is 0. The zero-order chi connectivity index (χ0) is 17.1. The number of hydrogen-bond acceptors (Lipinski definition) is 4. The van der Waals surface area contributed by atoms with Gasteiger partial charge in [0.05, 0.1) is 16.6 Å². The maximum atomic E-state index is 11.9. The Morgan fingerprint density at radius 3 is 2.46 bits per heavy atom. The lowest BCUT2D eigenvalue weighted by Gasteiger charge is -2.09. The molecule has 24 heavy (non-hydrogen) atoms. The van der Waals surface area contributed by atoms with Crippen molar-refractivity contribution in [1.82, 2.24) is 9.78 Å². The van der Waals surface area contributed by atoms with Crippen molar-refractivity contribution in [1.29, 1.82) is 0 Å². The monoisotopic (exact) mass is 359 g/mol. The van der Waals surface area contributed by atoms with E-state index in [1.807, 2.05) is 30.3 Å². The van der Waals surface area contributed by atoms with E-state index in [4.69, 9.17) is 33.7 Å². The van der Waals surface area contributed by atoms with Gasteiger partial charge in [0, 0.05) is 17.8 Å². The highest BCUT2D eigenvalue weighted by Crippen LogP contribution is 2.37. The van der Waals surface area contributed by atoms with Gasteiger partial charge in [0.2, 0.25) is 0 Å². The molecular weight excluding hydrogens is 349 g/mol. The molecule has 0 aliphatic rings. The van der Waals surface area contributed by atoms with Crippen LogP contribution >= 0.6 is 23.2 Å². The van der Waals surface area contributed by atoms with Crippen molar-refractivity contribution in [2.75, 3.05) is 5.73 Å². The average molecular weight is 360 g/mol. The number of aromatic nitrogens is 2. The summed E-state index contributed by atoms with van der Waals surface area (Å²) in [5.41, 5.74) is 6.57. The summed E-state index contributed by atoms with van der Waals surface area (Å²) >= 11 is 12.2. The highest BCUT2D eigenvalue weighted by Gasteiger charge is 2.11. The topological polar surface area (TPSA) is 70.1 Å². The summed E-state index contributed by atoms with van der Waals surface area (Å²) in [6, 6.07) is 17.4. The van der Waals surface area contributed by atoms with Crippen LogP contribution < -0.4 is 16.0 Å². The minimum atomic E-state index is -0.416. The van der Waals surface area contributed by atoms with Crippen molar-refractivity contribution in [3.8, 4) is 11.6 Å². The van der Waals surface area contributed by atoms with Gasteiger partial charge >= 0.3 is 5.56 Å². The zero-order valence-corrected chi connectivity index (χ0v) is 13.8. The number of nitrogens with two attached hydrogens (primary N) is 1. The van der Waals surface area contributed by atoms with E-state index in [9.17, 15) is 4.79 Å². The molecule has 1 heterocycles. The van der Waals surface area contributed by atoms with Gasteiger partial charge in [-0.05, 0) is 17.7 Å². The Bertz CT molecular complexity index is 904. The maximum absolute atomic E-state index is 11.9. The molecular formula is C17H11Cl2N3O2. The second kappa shape index (κ2) is 6.83. The summed E-state index contributed by atoms with van der Waals surface area (Å²) in [5, 5.41) is 4.58.